The highest BCUT2D eigenvalue weighted by Crippen LogP contribution is 2.30. The van der Waals surface area contributed by atoms with E-state index in [4.69, 9.17) is 4.98 Å². The number of likely N-dealkylation sites (tertiary alicyclic amines) is 1. The molecule has 0 unspecified atom stereocenters. The van der Waals surface area contributed by atoms with Crippen molar-refractivity contribution in [1.29, 1.82) is 0 Å². The van der Waals surface area contributed by atoms with Crippen LogP contribution in [0.5, 0.6) is 0 Å². The van der Waals surface area contributed by atoms with E-state index in [1.165, 1.54) is 6.42 Å². The predicted octanol–water partition coefficient (Wildman–Crippen LogP) is 3.89. The van der Waals surface area contributed by atoms with Crippen molar-refractivity contribution in [2.24, 2.45) is 5.92 Å². The van der Waals surface area contributed by atoms with E-state index in [1.807, 2.05) is 41.5 Å². The zero-order chi connectivity index (χ0) is 19.5. The molecule has 2 amide bonds. The Bertz CT molecular complexity index is 859. The second-order valence-corrected chi connectivity index (χ2v) is 8.82. The van der Waals surface area contributed by atoms with Crippen molar-refractivity contribution in [3.05, 3.63) is 51.5 Å². The van der Waals surface area contributed by atoms with Crippen LogP contribution in [0, 0.1) is 12.8 Å². The van der Waals surface area contributed by atoms with Gasteiger partial charge in [-0.1, -0.05) is 24.6 Å². The highest BCUT2D eigenvalue weighted by Gasteiger charge is 2.28. The fourth-order valence-corrected chi connectivity index (χ4v) is 4.88. The summed E-state index contributed by atoms with van der Waals surface area (Å²) < 4.78 is 0. The summed E-state index contributed by atoms with van der Waals surface area (Å²) in [6, 6.07) is 7.78. The van der Waals surface area contributed by atoms with E-state index in [1.54, 1.807) is 11.3 Å². The van der Waals surface area contributed by atoms with Crippen molar-refractivity contribution < 1.29 is 9.59 Å². The van der Waals surface area contributed by atoms with Crippen LogP contribution in [-0.2, 0) is 11.3 Å². The smallest absolute Gasteiger partial charge is 0.254 e. The number of nitrogens with one attached hydrogen (secondary N) is 1. The minimum absolute atomic E-state index is 0.118. The van der Waals surface area contributed by atoms with Gasteiger partial charge in [0, 0.05) is 35.9 Å². The first-order valence-electron chi connectivity index (χ1n) is 10.2. The van der Waals surface area contributed by atoms with Crippen molar-refractivity contribution >= 4 is 23.2 Å². The molecule has 1 saturated carbocycles. The first-order chi connectivity index (χ1) is 13.6. The van der Waals surface area contributed by atoms with Gasteiger partial charge < -0.3 is 10.2 Å². The maximum Gasteiger partial charge on any atom is 0.254 e. The van der Waals surface area contributed by atoms with E-state index in [9.17, 15) is 9.59 Å². The minimum atomic E-state index is 0.118. The highest BCUT2D eigenvalue weighted by molar-refractivity contribution is 7.09. The molecular formula is C22H27N3O2S. The Balaban J connectivity index is 1.37. The fraction of sp³-hybridized carbons (Fsp3) is 0.500. The number of piperidine rings is 1. The van der Waals surface area contributed by atoms with E-state index in [0.717, 1.165) is 54.1 Å². The Kier molecular flexibility index (Phi) is 5.76. The van der Waals surface area contributed by atoms with Crippen molar-refractivity contribution in [3.63, 3.8) is 0 Å². The molecule has 0 bridgehead atoms. The molecule has 0 radical (unpaired) electrons. The highest BCUT2D eigenvalue weighted by atomic mass is 32.1. The normalized spacial score (nSPS) is 19.9. The van der Waals surface area contributed by atoms with E-state index in [-0.39, 0.29) is 23.7 Å². The summed E-state index contributed by atoms with van der Waals surface area (Å²) in [4.78, 5) is 31.7. The second-order valence-electron chi connectivity index (χ2n) is 7.93. The van der Waals surface area contributed by atoms with Gasteiger partial charge in [-0.15, -0.1) is 11.3 Å². The lowest BCUT2D eigenvalue weighted by Gasteiger charge is -2.32. The summed E-state index contributed by atoms with van der Waals surface area (Å²) in [5, 5.41) is 6.13. The Morgan fingerprint density at radius 2 is 2.04 bits per heavy atom. The monoisotopic (exact) mass is 397 g/mol. The molecule has 1 saturated heterocycles. The van der Waals surface area contributed by atoms with Crippen LogP contribution >= 0.6 is 11.3 Å². The third-order valence-electron chi connectivity index (χ3n) is 5.92. The quantitative estimate of drug-likeness (QED) is 0.833. The molecule has 1 aliphatic heterocycles. The molecule has 2 heterocycles. The number of nitrogens with zero attached hydrogens (tertiary/aromatic N) is 2. The molecule has 1 N–H and O–H groups in total. The van der Waals surface area contributed by atoms with Crippen LogP contribution in [0.25, 0.3) is 0 Å². The number of rotatable bonds is 5. The number of thiazole rings is 1. The van der Waals surface area contributed by atoms with Crippen LogP contribution in [0.4, 0.5) is 0 Å². The number of benzene rings is 1. The molecule has 148 valence electrons. The van der Waals surface area contributed by atoms with E-state index in [0.29, 0.717) is 13.1 Å². The van der Waals surface area contributed by atoms with Gasteiger partial charge >= 0.3 is 0 Å². The van der Waals surface area contributed by atoms with Gasteiger partial charge in [0.2, 0.25) is 5.91 Å². The molecule has 28 heavy (non-hydrogen) atoms. The second kappa shape index (κ2) is 8.43. The van der Waals surface area contributed by atoms with Crippen molar-refractivity contribution in [1.82, 2.24) is 15.2 Å². The minimum Gasteiger partial charge on any atom is -0.350 e. The van der Waals surface area contributed by atoms with Crippen LogP contribution < -0.4 is 5.32 Å². The third kappa shape index (κ3) is 4.12. The number of aromatic nitrogens is 1. The van der Waals surface area contributed by atoms with Gasteiger partial charge in [-0.25, -0.2) is 4.98 Å². The maximum atomic E-state index is 12.9. The molecule has 6 heteroatoms. The molecule has 5 nitrogen and oxygen atoms in total. The van der Waals surface area contributed by atoms with Crippen molar-refractivity contribution in [2.45, 2.75) is 51.5 Å². The molecule has 4 rings (SSSR count). The summed E-state index contributed by atoms with van der Waals surface area (Å²) >= 11 is 1.65. The number of aryl methyl sites for hydroxylation is 1. The van der Waals surface area contributed by atoms with Crippen LogP contribution in [0.1, 0.15) is 64.6 Å². The van der Waals surface area contributed by atoms with Crippen molar-refractivity contribution in [2.75, 3.05) is 13.1 Å². The summed E-state index contributed by atoms with van der Waals surface area (Å²) in [6.45, 7) is 4.01. The van der Waals surface area contributed by atoms with Gasteiger partial charge in [0.15, 0.2) is 0 Å². The Hall–Kier alpha value is -2.21. The summed E-state index contributed by atoms with van der Waals surface area (Å²) in [6.07, 6.45) is 5.24. The van der Waals surface area contributed by atoms with Gasteiger partial charge in [0.05, 0.1) is 17.2 Å². The molecule has 1 atom stereocenters. The fourth-order valence-electron chi connectivity index (χ4n) is 3.93. The van der Waals surface area contributed by atoms with Crippen LogP contribution in [0.2, 0.25) is 0 Å². The van der Waals surface area contributed by atoms with Gasteiger partial charge in [0.25, 0.3) is 5.91 Å². The molecule has 0 spiro atoms. The standard InChI is InChI=1S/C22H27N3O2S/c1-15-6-2-3-10-19(15)22(27)25-11-5-9-17(13-25)21-24-18(14-28-21)12-23-20(26)16-7-4-8-16/h2-3,6,10,14,16-17H,4-5,7-9,11-13H2,1H3,(H,23,26)/t17-/m1/s1. The number of hydrogen-bond donors (Lipinski definition) is 1. The average molecular weight is 398 g/mol. The lowest BCUT2D eigenvalue weighted by molar-refractivity contribution is -0.127. The first-order valence-corrected chi connectivity index (χ1v) is 11.1. The van der Waals surface area contributed by atoms with Crippen LogP contribution in [0.3, 0.4) is 0 Å². The lowest BCUT2D eigenvalue weighted by atomic mass is 9.85. The maximum absolute atomic E-state index is 12.9. The van der Waals surface area contributed by atoms with Crippen LogP contribution in [0.15, 0.2) is 29.6 Å². The van der Waals surface area contributed by atoms with E-state index < -0.39 is 0 Å². The summed E-state index contributed by atoms with van der Waals surface area (Å²) in [5.41, 5.74) is 2.74. The zero-order valence-corrected chi connectivity index (χ0v) is 17.1. The first kappa shape index (κ1) is 19.1. The summed E-state index contributed by atoms with van der Waals surface area (Å²) in [5.74, 6) is 0.765. The Labute approximate surface area is 170 Å². The molecule has 1 aromatic heterocycles. The Morgan fingerprint density at radius 1 is 1.21 bits per heavy atom. The third-order valence-corrected chi connectivity index (χ3v) is 6.98. The van der Waals surface area contributed by atoms with Gasteiger partial charge in [-0.05, 0) is 44.2 Å². The summed E-state index contributed by atoms with van der Waals surface area (Å²) in [7, 11) is 0. The Morgan fingerprint density at radius 3 is 2.79 bits per heavy atom. The number of amides is 2. The SMILES string of the molecule is Cc1ccccc1C(=O)N1CCC[C@@H](c2nc(CNC(=O)C3CCC3)cs2)C1. The number of carbonyl (C=O) groups excluding carboxylic acids is 2. The lowest BCUT2D eigenvalue weighted by Crippen LogP contribution is -2.39. The predicted molar refractivity (Wildman–Crippen MR) is 110 cm³/mol. The topological polar surface area (TPSA) is 62.3 Å². The molecule has 1 aliphatic carbocycles. The number of carbonyl (C=O) groups is 2. The van der Waals surface area contributed by atoms with Gasteiger partial charge in [-0.2, -0.15) is 0 Å². The van der Waals surface area contributed by atoms with Crippen LogP contribution in [-0.4, -0.2) is 34.8 Å². The molecule has 2 aliphatic rings. The van der Waals surface area contributed by atoms with E-state index in [2.05, 4.69) is 5.32 Å². The average Bonchev–Trinajstić information content (AvgIpc) is 3.14. The largest absolute Gasteiger partial charge is 0.350 e. The van der Waals surface area contributed by atoms with Gasteiger partial charge in [-0.3, -0.25) is 9.59 Å². The molecule has 2 aromatic rings. The van der Waals surface area contributed by atoms with E-state index >= 15 is 0 Å². The zero-order valence-electron chi connectivity index (χ0n) is 16.3. The van der Waals surface area contributed by atoms with Gasteiger partial charge in [0.1, 0.15) is 0 Å². The molecule has 2 fully saturated rings. The van der Waals surface area contributed by atoms with Crippen molar-refractivity contribution in [3.8, 4) is 0 Å². The molecule has 1 aromatic carbocycles. The molecular weight excluding hydrogens is 370 g/mol. The number of hydrogen-bond acceptors (Lipinski definition) is 4.